The van der Waals surface area contributed by atoms with Gasteiger partial charge in [-0.15, -0.1) is 0 Å². The number of nitrogens with one attached hydrogen (secondary N) is 1. The molecule has 0 unspecified atom stereocenters. The van der Waals surface area contributed by atoms with E-state index in [9.17, 15) is 4.39 Å². The summed E-state index contributed by atoms with van der Waals surface area (Å²) in [5.41, 5.74) is 1.64. The van der Waals surface area contributed by atoms with Crippen molar-refractivity contribution in [1.82, 2.24) is 5.32 Å². The van der Waals surface area contributed by atoms with Gasteiger partial charge in [-0.1, -0.05) is 24.9 Å². The number of hydrogen-bond donors (Lipinski definition) is 1. The molecular weight excluding hydrogens is 241 g/mol. The third-order valence-corrected chi connectivity index (χ3v) is 3.01. The molecule has 0 aliphatic rings. The summed E-state index contributed by atoms with van der Waals surface area (Å²) in [5, 5.41) is 4.17. The maximum absolute atomic E-state index is 13.4. The van der Waals surface area contributed by atoms with Gasteiger partial charge in [0.1, 0.15) is 11.6 Å². The molecule has 1 N–H and O–H groups in total. The molecule has 1 aromatic carbocycles. The van der Waals surface area contributed by atoms with Crippen LogP contribution in [-0.4, -0.2) is 7.05 Å². The second-order valence-electron chi connectivity index (χ2n) is 4.05. The van der Waals surface area contributed by atoms with Gasteiger partial charge in [-0.2, -0.15) is 0 Å². The van der Waals surface area contributed by atoms with E-state index in [0.717, 1.165) is 29.6 Å². The zero-order chi connectivity index (χ0) is 12.4. The van der Waals surface area contributed by atoms with Crippen molar-refractivity contribution in [2.75, 3.05) is 7.05 Å². The minimum Gasteiger partial charge on any atom is -0.458 e. The summed E-state index contributed by atoms with van der Waals surface area (Å²) in [7, 11) is 1.85. The average molecular weight is 256 g/mol. The normalized spacial score (nSPS) is 11.3. The lowest BCUT2D eigenvalue weighted by molar-refractivity contribution is 0.523. The van der Waals surface area contributed by atoms with Crippen LogP contribution >= 0.6 is 11.6 Å². The van der Waals surface area contributed by atoms with E-state index in [2.05, 4.69) is 12.2 Å². The topological polar surface area (TPSA) is 25.2 Å². The number of furan rings is 1. The van der Waals surface area contributed by atoms with E-state index in [1.165, 1.54) is 12.1 Å². The van der Waals surface area contributed by atoms with Gasteiger partial charge >= 0.3 is 0 Å². The first-order chi connectivity index (χ1) is 8.17. The molecule has 17 heavy (non-hydrogen) atoms. The Morgan fingerprint density at radius 1 is 1.41 bits per heavy atom. The first-order valence-corrected chi connectivity index (χ1v) is 6.09. The van der Waals surface area contributed by atoms with Crippen molar-refractivity contribution in [1.29, 1.82) is 0 Å². The molecule has 0 saturated carbocycles. The second-order valence-corrected chi connectivity index (χ2v) is 4.46. The summed E-state index contributed by atoms with van der Waals surface area (Å²) in [5.74, 6) is 0.522. The molecule has 0 spiro atoms. The van der Waals surface area contributed by atoms with Crippen molar-refractivity contribution < 1.29 is 8.81 Å². The molecular formula is C13H15ClFNO. The quantitative estimate of drug-likeness (QED) is 0.896. The van der Waals surface area contributed by atoms with Gasteiger partial charge in [0.25, 0.3) is 0 Å². The summed E-state index contributed by atoms with van der Waals surface area (Å²) >= 11 is 5.99. The highest BCUT2D eigenvalue weighted by molar-refractivity contribution is 6.34. The molecule has 0 fully saturated rings. The third-order valence-electron chi connectivity index (χ3n) is 2.73. The van der Waals surface area contributed by atoms with Crippen molar-refractivity contribution in [3.63, 3.8) is 0 Å². The predicted octanol–water partition coefficient (Wildman–Crippen LogP) is 3.90. The van der Waals surface area contributed by atoms with Crippen molar-refractivity contribution in [3.05, 3.63) is 34.3 Å². The summed E-state index contributed by atoms with van der Waals surface area (Å²) in [6, 6.07) is 2.78. The Morgan fingerprint density at radius 3 is 2.82 bits per heavy atom. The molecule has 1 heterocycles. The highest BCUT2D eigenvalue weighted by atomic mass is 35.5. The lowest BCUT2D eigenvalue weighted by Gasteiger charge is -2.00. The average Bonchev–Trinajstić information content (AvgIpc) is 2.59. The molecule has 1 aromatic heterocycles. The SMILES string of the molecule is CCCc1c(CNC)oc2c(Cl)cc(F)cc12. The van der Waals surface area contributed by atoms with Gasteiger partial charge in [-0.25, -0.2) is 4.39 Å². The Bertz CT molecular complexity index is 536. The molecule has 2 rings (SSSR count). The van der Waals surface area contributed by atoms with Crippen LogP contribution in [0.5, 0.6) is 0 Å². The predicted molar refractivity (Wildman–Crippen MR) is 67.9 cm³/mol. The maximum atomic E-state index is 13.4. The van der Waals surface area contributed by atoms with Crippen molar-refractivity contribution in [3.8, 4) is 0 Å². The molecule has 0 aliphatic heterocycles. The number of aryl methyl sites for hydroxylation is 1. The van der Waals surface area contributed by atoms with E-state index in [4.69, 9.17) is 16.0 Å². The van der Waals surface area contributed by atoms with Gasteiger partial charge in [-0.3, -0.25) is 0 Å². The number of rotatable bonds is 4. The molecule has 0 amide bonds. The van der Waals surface area contributed by atoms with Gasteiger partial charge < -0.3 is 9.73 Å². The molecule has 4 heteroatoms. The van der Waals surface area contributed by atoms with Crippen LogP contribution in [0.1, 0.15) is 24.7 Å². The van der Waals surface area contributed by atoms with Crippen LogP contribution in [0.2, 0.25) is 5.02 Å². The van der Waals surface area contributed by atoms with Crippen LogP contribution < -0.4 is 5.32 Å². The fourth-order valence-corrected chi connectivity index (χ4v) is 2.30. The number of halogens is 2. The van der Waals surface area contributed by atoms with E-state index >= 15 is 0 Å². The highest BCUT2D eigenvalue weighted by Gasteiger charge is 2.16. The summed E-state index contributed by atoms with van der Waals surface area (Å²) in [4.78, 5) is 0. The standard InChI is InChI=1S/C13H15ClFNO/c1-3-4-9-10-5-8(15)6-11(14)13(10)17-12(9)7-16-2/h5-6,16H,3-4,7H2,1-2H3. The molecule has 0 bridgehead atoms. The first kappa shape index (κ1) is 12.4. The molecule has 2 nitrogen and oxygen atoms in total. The zero-order valence-electron chi connectivity index (χ0n) is 9.94. The van der Waals surface area contributed by atoms with Gasteiger partial charge in [0.15, 0.2) is 5.58 Å². The summed E-state index contributed by atoms with van der Waals surface area (Å²) < 4.78 is 19.1. The third kappa shape index (κ3) is 2.31. The minimum atomic E-state index is -0.323. The van der Waals surface area contributed by atoms with E-state index in [1.54, 1.807) is 0 Å². The summed E-state index contributed by atoms with van der Waals surface area (Å²) in [6.45, 7) is 2.71. The lowest BCUT2D eigenvalue weighted by atomic mass is 10.1. The van der Waals surface area contributed by atoms with E-state index < -0.39 is 0 Å². The zero-order valence-corrected chi connectivity index (χ0v) is 10.7. The molecule has 0 atom stereocenters. The van der Waals surface area contributed by atoms with Crippen LogP contribution in [0.25, 0.3) is 11.0 Å². The van der Waals surface area contributed by atoms with Gasteiger partial charge in [0, 0.05) is 10.9 Å². The number of benzene rings is 1. The lowest BCUT2D eigenvalue weighted by Crippen LogP contribution is -2.05. The second kappa shape index (κ2) is 5.07. The maximum Gasteiger partial charge on any atom is 0.153 e. The largest absolute Gasteiger partial charge is 0.458 e. The van der Waals surface area contributed by atoms with E-state index in [-0.39, 0.29) is 5.82 Å². The fourth-order valence-electron chi connectivity index (χ4n) is 2.05. The molecule has 92 valence electrons. The van der Waals surface area contributed by atoms with Crippen LogP contribution in [0, 0.1) is 5.82 Å². The van der Waals surface area contributed by atoms with E-state index in [1.807, 2.05) is 7.05 Å². The smallest absolute Gasteiger partial charge is 0.153 e. The van der Waals surface area contributed by atoms with Gasteiger partial charge in [0.2, 0.25) is 0 Å². The molecule has 2 aromatic rings. The van der Waals surface area contributed by atoms with Crippen molar-refractivity contribution in [2.24, 2.45) is 0 Å². The van der Waals surface area contributed by atoms with Crippen LogP contribution in [0.4, 0.5) is 4.39 Å². The summed E-state index contributed by atoms with van der Waals surface area (Å²) in [6.07, 6.45) is 1.85. The van der Waals surface area contributed by atoms with E-state index in [0.29, 0.717) is 17.2 Å². The molecule has 0 saturated heterocycles. The van der Waals surface area contributed by atoms with Crippen LogP contribution in [-0.2, 0) is 13.0 Å². The van der Waals surface area contributed by atoms with Crippen molar-refractivity contribution in [2.45, 2.75) is 26.3 Å². The Labute approximate surface area is 105 Å². The molecule has 0 radical (unpaired) electrons. The minimum absolute atomic E-state index is 0.323. The van der Waals surface area contributed by atoms with Gasteiger partial charge in [-0.05, 0) is 25.6 Å². The van der Waals surface area contributed by atoms with Crippen LogP contribution in [0.15, 0.2) is 16.5 Å². The number of fused-ring (bicyclic) bond motifs is 1. The van der Waals surface area contributed by atoms with Gasteiger partial charge in [0.05, 0.1) is 11.6 Å². The Balaban J connectivity index is 2.66. The Hall–Kier alpha value is -1.06. The first-order valence-electron chi connectivity index (χ1n) is 5.71. The number of hydrogen-bond acceptors (Lipinski definition) is 2. The monoisotopic (exact) mass is 255 g/mol. The van der Waals surface area contributed by atoms with Crippen LogP contribution in [0.3, 0.4) is 0 Å². The Kier molecular flexibility index (Phi) is 3.69. The molecule has 0 aliphatic carbocycles. The highest BCUT2D eigenvalue weighted by Crippen LogP contribution is 2.33. The fraction of sp³-hybridized carbons (Fsp3) is 0.385. The van der Waals surface area contributed by atoms with Crippen molar-refractivity contribution >= 4 is 22.6 Å². The Morgan fingerprint density at radius 2 is 2.18 bits per heavy atom.